The molecule has 0 aliphatic rings. The highest BCUT2D eigenvalue weighted by Gasteiger charge is 2.26. The van der Waals surface area contributed by atoms with E-state index in [1.165, 1.54) is 33.4 Å². The Morgan fingerprint density at radius 3 is 1.14 bits per heavy atom. The normalized spacial score (nSPS) is 13.6. The first-order valence-corrected chi connectivity index (χ1v) is 19.7. The molecule has 0 bridgehead atoms. The number of benzene rings is 4. The third-order valence-corrected chi connectivity index (χ3v) is 12.5. The van der Waals surface area contributed by atoms with Gasteiger partial charge in [0.25, 0.3) is 0 Å². The van der Waals surface area contributed by atoms with Gasteiger partial charge in [-0.1, -0.05) is 157 Å². The van der Waals surface area contributed by atoms with Crippen LogP contribution in [0.3, 0.4) is 0 Å². The minimum Gasteiger partial charge on any atom is -0.265 e. The first-order chi connectivity index (χ1) is 24.7. The van der Waals surface area contributed by atoms with Crippen molar-refractivity contribution in [3.05, 3.63) is 204 Å². The second-order valence-electron chi connectivity index (χ2n) is 12.8. The smallest absolute Gasteiger partial charge is 0.105 e. The van der Waals surface area contributed by atoms with Crippen molar-refractivity contribution in [1.82, 2.24) is 9.97 Å². The Bertz CT molecular complexity index is 1690. The maximum absolute atomic E-state index is 6.33. The van der Waals surface area contributed by atoms with Gasteiger partial charge in [-0.3, -0.25) is 9.97 Å². The van der Waals surface area contributed by atoms with Gasteiger partial charge in [0.15, 0.2) is 0 Å². The van der Waals surface area contributed by atoms with E-state index >= 15 is 0 Å². The molecule has 2 heterocycles. The fraction of sp³-hybridized carbons (Fsp3) is 0.222. The molecular formula is C45H44N2S3. The zero-order valence-electron chi connectivity index (χ0n) is 28.3. The molecule has 4 aromatic carbocycles. The third-order valence-electron chi connectivity index (χ3n) is 9.42. The average molecular weight is 709 g/mol. The van der Waals surface area contributed by atoms with E-state index < -0.39 is 0 Å². The SMILES string of the molecule is S=C(SC(CC(CCc1ccccc1)c1ccncc1)c1ccccc1)SC(CC(CCc1ccccc1)c1ccncc1)c1ccccc1. The zero-order chi connectivity index (χ0) is 34.2. The summed E-state index contributed by atoms with van der Waals surface area (Å²) in [5.74, 6) is 0.755. The van der Waals surface area contributed by atoms with Crippen molar-refractivity contribution in [1.29, 1.82) is 0 Å². The minimum atomic E-state index is 0.232. The van der Waals surface area contributed by atoms with E-state index in [2.05, 4.69) is 156 Å². The van der Waals surface area contributed by atoms with Crippen LogP contribution in [-0.2, 0) is 12.8 Å². The monoisotopic (exact) mass is 708 g/mol. The molecule has 4 atom stereocenters. The Balaban J connectivity index is 1.23. The van der Waals surface area contributed by atoms with Crippen molar-refractivity contribution in [2.75, 3.05) is 0 Å². The summed E-state index contributed by atoms with van der Waals surface area (Å²) in [6.07, 6.45) is 13.9. The fourth-order valence-electron chi connectivity index (χ4n) is 6.70. The van der Waals surface area contributed by atoms with Crippen LogP contribution in [0, 0.1) is 0 Å². The molecule has 4 unspecified atom stereocenters. The van der Waals surface area contributed by atoms with Crippen molar-refractivity contribution in [2.45, 2.75) is 60.9 Å². The van der Waals surface area contributed by atoms with Crippen molar-refractivity contribution < 1.29 is 0 Å². The molecule has 5 heteroatoms. The zero-order valence-corrected chi connectivity index (χ0v) is 30.8. The van der Waals surface area contributed by atoms with Crippen LogP contribution in [0.2, 0.25) is 0 Å². The van der Waals surface area contributed by atoms with Gasteiger partial charge >= 0.3 is 0 Å². The maximum atomic E-state index is 6.33. The lowest BCUT2D eigenvalue weighted by Gasteiger charge is -2.27. The summed E-state index contributed by atoms with van der Waals surface area (Å²) in [7, 11) is 0. The molecule has 0 spiro atoms. The lowest BCUT2D eigenvalue weighted by atomic mass is 9.87. The third kappa shape index (κ3) is 11.0. The number of thioether (sulfide) groups is 2. The van der Waals surface area contributed by atoms with Gasteiger partial charge < -0.3 is 0 Å². The van der Waals surface area contributed by atoms with Crippen LogP contribution < -0.4 is 0 Å². The van der Waals surface area contributed by atoms with Crippen LogP contribution in [0.15, 0.2) is 170 Å². The van der Waals surface area contributed by atoms with E-state index in [4.69, 9.17) is 12.2 Å². The summed E-state index contributed by atoms with van der Waals surface area (Å²) in [6, 6.07) is 52.4. The fourth-order valence-corrected chi connectivity index (χ4v) is 10.0. The molecule has 0 saturated carbocycles. The summed E-state index contributed by atoms with van der Waals surface area (Å²) in [5.41, 5.74) is 8.10. The molecule has 2 nitrogen and oxygen atoms in total. The second-order valence-corrected chi connectivity index (χ2v) is 16.4. The molecule has 0 fully saturated rings. The van der Waals surface area contributed by atoms with Crippen molar-refractivity contribution in [3.8, 4) is 0 Å². The maximum Gasteiger partial charge on any atom is 0.105 e. The van der Waals surface area contributed by atoms with E-state index in [9.17, 15) is 0 Å². The average Bonchev–Trinajstić information content (AvgIpc) is 3.19. The predicted octanol–water partition coefficient (Wildman–Crippen LogP) is 12.6. The van der Waals surface area contributed by atoms with Gasteiger partial charge in [0, 0.05) is 35.3 Å². The molecule has 0 amide bonds. The number of hydrogen-bond donors (Lipinski definition) is 0. The van der Waals surface area contributed by atoms with E-state index in [1.54, 1.807) is 0 Å². The van der Waals surface area contributed by atoms with Gasteiger partial charge in [-0.05, 0) is 108 Å². The molecule has 0 saturated heterocycles. The predicted molar refractivity (Wildman–Crippen MR) is 219 cm³/mol. The van der Waals surface area contributed by atoms with Gasteiger partial charge in [-0.15, -0.1) is 0 Å². The lowest BCUT2D eigenvalue weighted by molar-refractivity contribution is 0.571. The Morgan fingerprint density at radius 2 is 0.780 bits per heavy atom. The van der Waals surface area contributed by atoms with Gasteiger partial charge in [-0.2, -0.15) is 0 Å². The van der Waals surface area contributed by atoms with E-state index in [-0.39, 0.29) is 10.5 Å². The Kier molecular flexibility index (Phi) is 13.9. The van der Waals surface area contributed by atoms with E-state index in [0.29, 0.717) is 11.8 Å². The van der Waals surface area contributed by atoms with Crippen LogP contribution in [0.4, 0.5) is 0 Å². The summed E-state index contributed by atoms with van der Waals surface area (Å²) in [6.45, 7) is 0. The Hall–Kier alpha value is -4.03. The highest BCUT2D eigenvalue weighted by atomic mass is 32.2. The molecule has 252 valence electrons. The van der Waals surface area contributed by atoms with Gasteiger partial charge in [-0.25, -0.2) is 0 Å². The molecule has 2 aromatic heterocycles. The summed E-state index contributed by atoms with van der Waals surface area (Å²) in [4.78, 5) is 8.67. The van der Waals surface area contributed by atoms with Crippen molar-refractivity contribution in [3.63, 3.8) is 0 Å². The molecule has 0 N–H and O–H groups in total. The lowest BCUT2D eigenvalue weighted by Crippen LogP contribution is -2.09. The second kappa shape index (κ2) is 19.4. The standard InChI is InChI=1S/C45H44N2S3/c48-45(49-43(39-17-9-3-10-18-39)33-41(37-25-29-46-30-26-37)23-21-35-13-5-1-6-14-35)50-44(40-19-11-4-12-20-40)34-42(38-27-31-47-32-28-38)24-22-36-15-7-2-8-16-36/h1-20,25-32,41-44H,21-24,33-34H2. The van der Waals surface area contributed by atoms with Crippen LogP contribution in [0.1, 0.15) is 81.4 Å². The molecule has 0 aliphatic carbocycles. The number of aromatic nitrogens is 2. The van der Waals surface area contributed by atoms with Gasteiger partial charge in [0.05, 0.1) is 0 Å². The minimum absolute atomic E-state index is 0.232. The van der Waals surface area contributed by atoms with Crippen molar-refractivity contribution in [2.24, 2.45) is 0 Å². The number of pyridine rings is 2. The highest BCUT2D eigenvalue weighted by molar-refractivity contribution is 8.47. The molecule has 0 aliphatic heterocycles. The Morgan fingerprint density at radius 1 is 0.440 bits per heavy atom. The van der Waals surface area contributed by atoms with E-state index in [0.717, 1.165) is 42.1 Å². The largest absolute Gasteiger partial charge is 0.265 e. The molecular weight excluding hydrogens is 665 g/mol. The summed E-state index contributed by atoms with van der Waals surface area (Å²) < 4.78 is 1.00. The number of thiocarbonyl (C=S) groups is 1. The van der Waals surface area contributed by atoms with Crippen LogP contribution in [0.25, 0.3) is 0 Å². The Labute approximate surface area is 312 Å². The summed E-state index contributed by atoms with van der Waals surface area (Å²) in [5, 5.41) is 0.464. The number of hydrogen-bond acceptors (Lipinski definition) is 5. The summed E-state index contributed by atoms with van der Waals surface area (Å²) >= 11 is 10.1. The number of aryl methyl sites for hydroxylation is 2. The molecule has 50 heavy (non-hydrogen) atoms. The van der Waals surface area contributed by atoms with Crippen LogP contribution >= 0.6 is 35.7 Å². The van der Waals surface area contributed by atoms with Gasteiger partial charge in [0.2, 0.25) is 0 Å². The van der Waals surface area contributed by atoms with Crippen LogP contribution in [-0.4, -0.2) is 13.5 Å². The van der Waals surface area contributed by atoms with Crippen molar-refractivity contribution >= 4 is 39.3 Å². The van der Waals surface area contributed by atoms with Gasteiger partial charge in [0.1, 0.15) is 3.53 Å². The molecule has 6 rings (SSSR count). The first-order valence-electron chi connectivity index (χ1n) is 17.6. The quantitative estimate of drug-likeness (QED) is 0.0933. The topological polar surface area (TPSA) is 25.8 Å². The highest BCUT2D eigenvalue weighted by Crippen LogP contribution is 2.47. The first kappa shape index (κ1) is 35.8. The number of nitrogens with zero attached hydrogens (tertiary/aromatic N) is 2. The van der Waals surface area contributed by atoms with E-state index in [1.807, 2.05) is 48.3 Å². The van der Waals surface area contributed by atoms with Crippen LogP contribution in [0.5, 0.6) is 0 Å². The number of rotatable bonds is 16. The molecule has 0 radical (unpaired) electrons. The molecule has 6 aromatic rings.